The standard InChI is InChI=1S/C32H35N3O6/c1-32(30(38)33-27(29(36)37)17-35(2)16-21-10-4-3-5-11-21)20-40-19-28(32)34-31(39)41-18-26-24-14-8-6-12-22(24)23-13-7-9-15-25(23)26/h3-15,26-28H,16-20H2,1-2H3,(H,33,38)(H,34,39)(H,36,37). The number of rotatable bonds is 10. The zero-order valence-electron chi connectivity index (χ0n) is 23.2. The first-order chi connectivity index (χ1) is 19.8. The van der Waals surface area contributed by atoms with Gasteiger partial charge in [-0.3, -0.25) is 9.69 Å². The number of carbonyl (C=O) groups excluding carboxylic acids is 2. The Hall–Kier alpha value is -4.21. The van der Waals surface area contributed by atoms with Crippen molar-refractivity contribution in [1.29, 1.82) is 0 Å². The highest BCUT2D eigenvalue weighted by Gasteiger charge is 2.48. The Kier molecular flexibility index (Phi) is 8.37. The number of aliphatic carboxylic acids is 1. The summed E-state index contributed by atoms with van der Waals surface area (Å²) in [6, 6.07) is 24.0. The maximum Gasteiger partial charge on any atom is 0.407 e. The predicted molar refractivity (Wildman–Crippen MR) is 153 cm³/mol. The molecule has 1 heterocycles. The van der Waals surface area contributed by atoms with E-state index in [0.29, 0.717) is 6.54 Å². The fraction of sp³-hybridized carbons (Fsp3) is 0.344. The van der Waals surface area contributed by atoms with Crippen LogP contribution >= 0.6 is 0 Å². The molecule has 9 nitrogen and oxygen atoms in total. The molecule has 0 radical (unpaired) electrons. The Morgan fingerprint density at radius 2 is 1.61 bits per heavy atom. The molecular weight excluding hydrogens is 522 g/mol. The molecule has 9 heteroatoms. The normalized spacial score (nSPS) is 20.2. The molecule has 1 aliphatic carbocycles. The first kappa shape index (κ1) is 28.3. The van der Waals surface area contributed by atoms with Crippen molar-refractivity contribution < 1.29 is 29.0 Å². The summed E-state index contributed by atoms with van der Waals surface area (Å²) < 4.78 is 11.2. The minimum atomic E-state index is -1.17. The van der Waals surface area contributed by atoms with Crippen molar-refractivity contribution >= 4 is 18.0 Å². The zero-order chi connectivity index (χ0) is 29.0. The molecule has 1 aliphatic heterocycles. The molecule has 41 heavy (non-hydrogen) atoms. The van der Waals surface area contributed by atoms with Gasteiger partial charge in [0.2, 0.25) is 5.91 Å². The number of alkyl carbamates (subject to hydrolysis) is 1. The molecular formula is C32H35N3O6. The molecule has 1 saturated heterocycles. The fourth-order valence-electron chi connectivity index (χ4n) is 5.66. The van der Waals surface area contributed by atoms with Crippen molar-refractivity contribution in [3.8, 4) is 11.1 Å². The summed E-state index contributed by atoms with van der Waals surface area (Å²) in [5.74, 6) is -1.73. The van der Waals surface area contributed by atoms with Crippen LogP contribution in [0.3, 0.4) is 0 Å². The molecule has 2 amide bonds. The van der Waals surface area contributed by atoms with E-state index in [0.717, 1.165) is 27.8 Å². The number of nitrogens with one attached hydrogen (secondary N) is 2. The van der Waals surface area contributed by atoms with E-state index in [9.17, 15) is 19.5 Å². The van der Waals surface area contributed by atoms with Crippen LogP contribution < -0.4 is 10.6 Å². The van der Waals surface area contributed by atoms with Crippen LogP contribution in [0.4, 0.5) is 4.79 Å². The third kappa shape index (κ3) is 6.11. The van der Waals surface area contributed by atoms with E-state index in [2.05, 4.69) is 22.8 Å². The van der Waals surface area contributed by atoms with E-state index >= 15 is 0 Å². The molecule has 3 unspecified atom stereocenters. The lowest BCUT2D eigenvalue weighted by Crippen LogP contribution is -2.57. The van der Waals surface area contributed by atoms with E-state index < -0.39 is 35.5 Å². The molecule has 0 saturated carbocycles. The van der Waals surface area contributed by atoms with Crippen LogP contribution in [0.15, 0.2) is 78.9 Å². The molecule has 3 aromatic carbocycles. The van der Waals surface area contributed by atoms with Gasteiger partial charge >= 0.3 is 12.1 Å². The molecule has 2 aliphatic rings. The van der Waals surface area contributed by atoms with Gasteiger partial charge in [-0.2, -0.15) is 0 Å². The highest BCUT2D eigenvalue weighted by molar-refractivity contribution is 5.89. The van der Waals surface area contributed by atoms with Crippen molar-refractivity contribution in [1.82, 2.24) is 15.5 Å². The molecule has 5 rings (SSSR count). The lowest BCUT2D eigenvalue weighted by atomic mass is 9.84. The minimum Gasteiger partial charge on any atom is -0.480 e. The maximum atomic E-state index is 13.4. The van der Waals surface area contributed by atoms with E-state index in [1.165, 1.54) is 0 Å². The van der Waals surface area contributed by atoms with Gasteiger partial charge in [0.15, 0.2) is 0 Å². The number of carbonyl (C=O) groups is 3. The second-order valence-corrected chi connectivity index (χ2v) is 11.0. The van der Waals surface area contributed by atoms with Crippen molar-refractivity contribution in [2.75, 3.05) is 33.4 Å². The van der Waals surface area contributed by atoms with Gasteiger partial charge in [-0.1, -0.05) is 78.9 Å². The largest absolute Gasteiger partial charge is 0.480 e. The van der Waals surface area contributed by atoms with Gasteiger partial charge in [-0.15, -0.1) is 0 Å². The van der Waals surface area contributed by atoms with Gasteiger partial charge in [0.05, 0.1) is 24.7 Å². The van der Waals surface area contributed by atoms with Gasteiger partial charge in [0.1, 0.15) is 12.6 Å². The van der Waals surface area contributed by atoms with E-state index in [-0.39, 0.29) is 32.3 Å². The molecule has 3 N–H and O–H groups in total. The highest BCUT2D eigenvalue weighted by atomic mass is 16.5. The topological polar surface area (TPSA) is 117 Å². The number of carboxylic acids is 1. The molecule has 0 bridgehead atoms. The van der Waals surface area contributed by atoms with Crippen molar-refractivity contribution in [2.24, 2.45) is 5.41 Å². The Bertz CT molecular complexity index is 1370. The molecule has 1 fully saturated rings. The minimum absolute atomic E-state index is 0.0410. The van der Waals surface area contributed by atoms with Gasteiger partial charge < -0.3 is 25.2 Å². The number of benzene rings is 3. The summed E-state index contributed by atoms with van der Waals surface area (Å²) in [4.78, 5) is 40.2. The Morgan fingerprint density at radius 1 is 1.00 bits per heavy atom. The van der Waals surface area contributed by atoms with Crippen LogP contribution in [0.2, 0.25) is 0 Å². The van der Waals surface area contributed by atoms with Gasteiger partial charge in [-0.25, -0.2) is 9.59 Å². The van der Waals surface area contributed by atoms with E-state index in [4.69, 9.17) is 9.47 Å². The van der Waals surface area contributed by atoms with Gasteiger partial charge in [0.25, 0.3) is 0 Å². The van der Waals surface area contributed by atoms with Gasteiger partial charge in [0, 0.05) is 19.0 Å². The number of ether oxygens (including phenoxy) is 2. The zero-order valence-corrected chi connectivity index (χ0v) is 23.2. The number of carboxylic acid groups (broad SMARTS) is 1. The molecule has 214 valence electrons. The van der Waals surface area contributed by atoms with E-state index in [1.54, 1.807) is 14.0 Å². The monoisotopic (exact) mass is 557 g/mol. The first-order valence-corrected chi connectivity index (χ1v) is 13.7. The van der Waals surface area contributed by atoms with Crippen LogP contribution in [-0.4, -0.2) is 73.5 Å². The van der Waals surface area contributed by atoms with Crippen LogP contribution in [0.25, 0.3) is 11.1 Å². The maximum absolute atomic E-state index is 13.4. The first-order valence-electron chi connectivity index (χ1n) is 13.7. The second kappa shape index (κ2) is 12.1. The quantitative estimate of drug-likeness (QED) is 0.349. The van der Waals surface area contributed by atoms with Crippen LogP contribution in [0, 0.1) is 5.41 Å². The number of amides is 2. The average Bonchev–Trinajstić information content (AvgIpc) is 3.50. The van der Waals surface area contributed by atoms with Crippen LogP contribution in [0.5, 0.6) is 0 Å². The summed E-state index contributed by atoms with van der Waals surface area (Å²) >= 11 is 0. The smallest absolute Gasteiger partial charge is 0.407 e. The summed E-state index contributed by atoms with van der Waals surface area (Å²) in [7, 11) is 1.80. The van der Waals surface area contributed by atoms with Crippen molar-refractivity contribution in [3.05, 3.63) is 95.6 Å². The number of hydrogen-bond donors (Lipinski definition) is 3. The lowest BCUT2D eigenvalue weighted by molar-refractivity contribution is -0.144. The number of nitrogens with zero attached hydrogens (tertiary/aromatic N) is 1. The Balaban J connectivity index is 1.19. The fourth-order valence-corrected chi connectivity index (χ4v) is 5.66. The Labute approximate surface area is 239 Å². The Morgan fingerprint density at radius 3 is 2.24 bits per heavy atom. The summed E-state index contributed by atoms with van der Waals surface area (Å²) in [5, 5.41) is 15.3. The number of likely N-dealkylation sites (N-methyl/N-ethyl adjacent to an activating group) is 1. The molecule has 3 atom stereocenters. The summed E-state index contributed by atoms with van der Waals surface area (Å²) in [6.07, 6.45) is -0.654. The molecule has 3 aromatic rings. The third-order valence-corrected chi connectivity index (χ3v) is 8.00. The van der Waals surface area contributed by atoms with Crippen molar-refractivity contribution in [3.63, 3.8) is 0 Å². The summed E-state index contributed by atoms with van der Waals surface area (Å²) in [5.41, 5.74) is 4.34. The molecule has 0 aromatic heterocycles. The number of hydrogen-bond acceptors (Lipinski definition) is 6. The second-order valence-electron chi connectivity index (χ2n) is 11.0. The number of fused-ring (bicyclic) bond motifs is 3. The predicted octanol–water partition coefficient (Wildman–Crippen LogP) is 3.63. The van der Waals surface area contributed by atoms with Crippen molar-refractivity contribution in [2.45, 2.75) is 31.5 Å². The van der Waals surface area contributed by atoms with Crippen LogP contribution in [0.1, 0.15) is 29.5 Å². The highest BCUT2D eigenvalue weighted by Crippen LogP contribution is 2.44. The van der Waals surface area contributed by atoms with E-state index in [1.807, 2.05) is 71.6 Å². The third-order valence-electron chi connectivity index (χ3n) is 8.00. The molecule has 0 spiro atoms. The van der Waals surface area contributed by atoms with Crippen LogP contribution in [-0.2, 0) is 25.6 Å². The average molecular weight is 558 g/mol. The van der Waals surface area contributed by atoms with Gasteiger partial charge in [-0.05, 0) is 41.8 Å². The lowest BCUT2D eigenvalue weighted by Gasteiger charge is -2.31. The SMILES string of the molecule is CN(Cc1ccccc1)CC(NC(=O)C1(C)COCC1NC(=O)OCC1c2ccccc2-c2ccccc21)C(=O)O. The summed E-state index contributed by atoms with van der Waals surface area (Å²) in [6.45, 7) is 2.60.